The molecule has 0 bridgehead atoms. The Balaban J connectivity index is 2.60. The van der Waals surface area contributed by atoms with Gasteiger partial charge in [-0.25, -0.2) is 9.97 Å². The van der Waals surface area contributed by atoms with Gasteiger partial charge in [0.25, 0.3) is 0 Å². The minimum Gasteiger partial charge on any atom is -0.396 e. The molecule has 0 saturated carbocycles. The fourth-order valence-electron chi connectivity index (χ4n) is 1.61. The van der Waals surface area contributed by atoms with Gasteiger partial charge in [-0.3, -0.25) is 0 Å². The molecule has 1 unspecified atom stereocenters. The summed E-state index contributed by atoms with van der Waals surface area (Å²) in [5.74, 6) is 0.860. The van der Waals surface area contributed by atoms with Crippen LogP contribution in [-0.2, 0) is 6.42 Å². The first-order valence-electron chi connectivity index (χ1n) is 5.98. The number of aryl methyl sites for hydroxylation is 1. The lowest BCUT2D eigenvalue weighted by Crippen LogP contribution is -2.20. The van der Waals surface area contributed by atoms with Gasteiger partial charge in [0.2, 0.25) is 0 Å². The Bertz CT molecular complexity index is 304. The van der Waals surface area contributed by atoms with Crippen molar-refractivity contribution < 1.29 is 5.11 Å². The number of aliphatic hydroxyl groups is 1. The summed E-state index contributed by atoms with van der Waals surface area (Å²) in [6.07, 6.45) is 5.40. The molecule has 0 aliphatic carbocycles. The highest BCUT2D eigenvalue weighted by Crippen LogP contribution is 2.10. The van der Waals surface area contributed by atoms with Crippen molar-refractivity contribution in [2.75, 3.05) is 11.9 Å². The second-order valence-corrected chi connectivity index (χ2v) is 3.91. The van der Waals surface area contributed by atoms with E-state index in [0.29, 0.717) is 0 Å². The van der Waals surface area contributed by atoms with E-state index >= 15 is 0 Å². The summed E-state index contributed by atoms with van der Waals surface area (Å²) in [4.78, 5) is 8.40. The lowest BCUT2D eigenvalue weighted by atomic mass is 10.1. The zero-order chi connectivity index (χ0) is 11.8. The Morgan fingerprint density at radius 1 is 1.38 bits per heavy atom. The standard InChI is InChI=1S/C12H21N3O/c1-3-5-11-8-12(14-9-13-11)15-10(4-2)6-7-16/h8-10,16H,3-7H2,1-2H3,(H,13,14,15). The highest BCUT2D eigenvalue weighted by molar-refractivity contribution is 5.35. The minimum absolute atomic E-state index is 0.207. The summed E-state index contributed by atoms with van der Waals surface area (Å²) in [6.45, 7) is 4.44. The van der Waals surface area contributed by atoms with Crippen LogP contribution in [0.1, 0.15) is 38.8 Å². The molecule has 0 fully saturated rings. The second-order valence-electron chi connectivity index (χ2n) is 3.91. The molecule has 2 N–H and O–H groups in total. The zero-order valence-electron chi connectivity index (χ0n) is 10.1. The number of anilines is 1. The van der Waals surface area contributed by atoms with Crippen molar-refractivity contribution in [3.63, 3.8) is 0 Å². The molecule has 0 aromatic carbocycles. The van der Waals surface area contributed by atoms with Gasteiger partial charge >= 0.3 is 0 Å². The van der Waals surface area contributed by atoms with Gasteiger partial charge in [-0.1, -0.05) is 20.3 Å². The number of rotatable bonds is 7. The molecule has 1 heterocycles. The Morgan fingerprint density at radius 2 is 2.19 bits per heavy atom. The molecule has 0 radical (unpaired) electrons. The monoisotopic (exact) mass is 223 g/mol. The normalized spacial score (nSPS) is 12.4. The number of nitrogens with zero attached hydrogens (tertiary/aromatic N) is 2. The van der Waals surface area contributed by atoms with Crippen LogP contribution in [0.3, 0.4) is 0 Å². The van der Waals surface area contributed by atoms with Crippen molar-refractivity contribution in [2.24, 2.45) is 0 Å². The smallest absolute Gasteiger partial charge is 0.129 e. The quantitative estimate of drug-likeness (QED) is 0.742. The molecule has 0 amide bonds. The Labute approximate surface area is 97.1 Å². The minimum atomic E-state index is 0.207. The molecule has 0 saturated heterocycles. The van der Waals surface area contributed by atoms with Gasteiger partial charge in [0.1, 0.15) is 12.1 Å². The van der Waals surface area contributed by atoms with Gasteiger partial charge in [0.15, 0.2) is 0 Å². The second kappa shape index (κ2) is 7.17. The fraction of sp³-hybridized carbons (Fsp3) is 0.667. The predicted octanol–water partition coefficient (Wildman–Crippen LogP) is 2.00. The highest BCUT2D eigenvalue weighted by Gasteiger charge is 2.06. The molecule has 0 aliphatic heterocycles. The topological polar surface area (TPSA) is 58.0 Å². The van der Waals surface area contributed by atoms with Crippen LogP contribution in [0.25, 0.3) is 0 Å². The van der Waals surface area contributed by atoms with Gasteiger partial charge in [-0.2, -0.15) is 0 Å². The highest BCUT2D eigenvalue weighted by atomic mass is 16.3. The molecule has 1 rings (SSSR count). The summed E-state index contributed by atoms with van der Waals surface area (Å²) in [6, 6.07) is 2.28. The van der Waals surface area contributed by atoms with Crippen molar-refractivity contribution in [3.05, 3.63) is 18.1 Å². The summed E-state index contributed by atoms with van der Waals surface area (Å²) < 4.78 is 0. The van der Waals surface area contributed by atoms with E-state index in [0.717, 1.165) is 37.2 Å². The first-order chi connectivity index (χ1) is 7.80. The van der Waals surface area contributed by atoms with Crippen LogP contribution in [0.4, 0.5) is 5.82 Å². The first kappa shape index (κ1) is 12.9. The Kier molecular flexibility index (Phi) is 5.78. The summed E-state index contributed by atoms with van der Waals surface area (Å²) in [5.41, 5.74) is 1.07. The molecule has 4 nitrogen and oxygen atoms in total. The van der Waals surface area contributed by atoms with E-state index in [9.17, 15) is 0 Å². The van der Waals surface area contributed by atoms with Crippen molar-refractivity contribution in [1.29, 1.82) is 0 Å². The molecule has 16 heavy (non-hydrogen) atoms. The molecule has 0 aliphatic rings. The van der Waals surface area contributed by atoms with Crippen molar-refractivity contribution in [2.45, 2.75) is 45.6 Å². The van der Waals surface area contributed by atoms with E-state index in [1.807, 2.05) is 6.07 Å². The number of hydrogen-bond acceptors (Lipinski definition) is 4. The number of hydrogen-bond donors (Lipinski definition) is 2. The van der Waals surface area contributed by atoms with E-state index in [2.05, 4.69) is 29.1 Å². The van der Waals surface area contributed by atoms with E-state index in [1.54, 1.807) is 6.33 Å². The number of nitrogens with one attached hydrogen (secondary N) is 1. The van der Waals surface area contributed by atoms with Crippen LogP contribution < -0.4 is 5.32 Å². The summed E-state index contributed by atoms with van der Waals surface area (Å²) in [5, 5.41) is 12.2. The van der Waals surface area contributed by atoms with Crippen molar-refractivity contribution in [1.82, 2.24) is 9.97 Å². The fourth-order valence-corrected chi connectivity index (χ4v) is 1.61. The van der Waals surface area contributed by atoms with Gasteiger partial charge in [0.05, 0.1) is 0 Å². The SMILES string of the molecule is CCCc1cc(NC(CC)CCO)ncn1. The average Bonchev–Trinajstić information content (AvgIpc) is 2.29. The van der Waals surface area contributed by atoms with Crippen molar-refractivity contribution >= 4 is 5.82 Å². The number of aromatic nitrogens is 2. The van der Waals surface area contributed by atoms with Crippen LogP contribution in [0, 0.1) is 0 Å². The van der Waals surface area contributed by atoms with Gasteiger partial charge < -0.3 is 10.4 Å². The lowest BCUT2D eigenvalue weighted by molar-refractivity contribution is 0.278. The Morgan fingerprint density at radius 3 is 2.81 bits per heavy atom. The van der Waals surface area contributed by atoms with Crippen LogP contribution in [0.15, 0.2) is 12.4 Å². The third-order valence-electron chi connectivity index (χ3n) is 2.55. The summed E-state index contributed by atoms with van der Waals surface area (Å²) in [7, 11) is 0. The molecule has 4 heteroatoms. The maximum atomic E-state index is 8.91. The Hall–Kier alpha value is -1.16. The zero-order valence-corrected chi connectivity index (χ0v) is 10.1. The van der Waals surface area contributed by atoms with Crippen LogP contribution >= 0.6 is 0 Å². The average molecular weight is 223 g/mol. The maximum Gasteiger partial charge on any atom is 0.129 e. The molecular formula is C12H21N3O. The third-order valence-corrected chi connectivity index (χ3v) is 2.55. The maximum absolute atomic E-state index is 8.91. The molecule has 1 aromatic rings. The molecular weight excluding hydrogens is 202 g/mol. The van der Waals surface area contributed by atoms with Crippen molar-refractivity contribution in [3.8, 4) is 0 Å². The molecule has 1 aromatic heterocycles. The molecule has 0 spiro atoms. The largest absolute Gasteiger partial charge is 0.396 e. The predicted molar refractivity (Wildman–Crippen MR) is 65.4 cm³/mol. The van der Waals surface area contributed by atoms with Gasteiger partial charge in [-0.15, -0.1) is 0 Å². The third kappa shape index (κ3) is 4.14. The lowest BCUT2D eigenvalue weighted by Gasteiger charge is -2.16. The first-order valence-corrected chi connectivity index (χ1v) is 5.98. The van der Waals surface area contributed by atoms with Crippen LogP contribution in [0.2, 0.25) is 0 Å². The van der Waals surface area contributed by atoms with E-state index in [-0.39, 0.29) is 12.6 Å². The van der Waals surface area contributed by atoms with E-state index in [4.69, 9.17) is 5.11 Å². The van der Waals surface area contributed by atoms with Gasteiger partial charge in [-0.05, 0) is 19.3 Å². The van der Waals surface area contributed by atoms with E-state index < -0.39 is 0 Å². The number of aliphatic hydroxyl groups excluding tert-OH is 1. The van der Waals surface area contributed by atoms with Crippen LogP contribution in [0.5, 0.6) is 0 Å². The molecule has 90 valence electrons. The van der Waals surface area contributed by atoms with Crippen LogP contribution in [-0.4, -0.2) is 27.7 Å². The summed E-state index contributed by atoms with van der Waals surface area (Å²) >= 11 is 0. The van der Waals surface area contributed by atoms with E-state index in [1.165, 1.54) is 0 Å². The van der Waals surface area contributed by atoms with Gasteiger partial charge in [0, 0.05) is 24.4 Å². The molecule has 1 atom stereocenters.